The van der Waals surface area contributed by atoms with Crippen molar-refractivity contribution in [2.45, 2.75) is 45.1 Å². The van der Waals surface area contributed by atoms with Gasteiger partial charge in [-0.15, -0.1) is 0 Å². The topological polar surface area (TPSA) is 61.9 Å². The number of ether oxygens (including phenoxy) is 1. The summed E-state index contributed by atoms with van der Waals surface area (Å²) in [4.78, 5) is 29.9. The van der Waals surface area contributed by atoms with Crippen LogP contribution in [0.3, 0.4) is 0 Å². The second kappa shape index (κ2) is 11.2. The van der Waals surface area contributed by atoms with E-state index in [-0.39, 0.29) is 23.4 Å². The van der Waals surface area contributed by atoms with Crippen LogP contribution in [0.1, 0.15) is 50.6 Å². The Morgan fingerprint density at radius 3 is 2.35 bits per heavy atom. The SMILES string of the molecule is CC(NC(=O)N1CCC2(CCN(C(=O)CCCOc3ccccc3)CC2)C1)c1cccc2ccccc12. The van der Waals surface area contributed by atoms with Crippen molar-refractivity contribution >= 4 is 22.7 Å². The average Bonchev–Trinajstić information content (AvgIpc) is 3.35. The molecule has 6 nitrogen and oxygen atoms in total. The largest absolute Gasteiger partial charge is 0.494 e. The van der Waals surface area contributed by atoms with Crippen molar-refractivity contribution in [1.82, 2.24) is 15.1 Å². The highest BCUT2D eigenvalue weighted by atomic mass is 16.5. The van der Waals surface area contributed by atoms with Crippen LogP contribution in [-0.4, -0.2) is 54.5 Å². The van der Waals surface area contributed by atoms with Gasteiger partial charge >= 0.3 is 6.03 Å². The van der Waals surface area contributed by atoms with Crippen LogP contribution in [-0.2, 0) is 4.79 Å². The van der Waals surface area contributed by atoms with Gasteiger partial charge in [0, 0.05) is 32.6 Å². The Morgan fingerprint density at radius 1 is 0.892 bits per heavy atom. The number of urea groups is 1. The van der Waals surface area contributed by atoms with Crippen LogP contribution in [0.5, 0.6) is 5.75 Å². The van der Waals surface area contributed by atoms with Gasteiger partial charge in [-0.1, -0.05) is 60.7 Å². The summed E-state index contributed by atoms with van der Waals surface area (Å²) in [6.45, 7) is 5.71. The Hall–Kier alpha value is -3.54. The van der Waals surface area contributed by atoms with E-state index in [0.29, 0.717) is 13.0 Å². The third-order valence-electron chi connectivity index (χ3n) is 8.08. The van der Waals surface area contributed by atoms with Crippen LogP contribution in [0.15, 0.2) is 72.8 Å². The maximum Gasteiger partial charge on any atom is 0.317 e. The molecule has 6 heteroatoms. The van der Waals surface area contributed by atoms with Gasteiger partial charge in [0.2, 0.25) is 5.91 Å². The van der Waals surface area contributed by atoms with Crippen LogP contribution < -0.4 is 10.1 Å². The van der Waals surface area contributed by atoms with Gasteiger partial charge in [0.05, 0.1) is 12.6 Å². The fourth-order valence-corrected chi connectivity index (χ4v) is 5.82. The molecule has 2 heterocycles. The number of hydrogen-bond donors (Lipinski definition) is 1. The quantitative estimate of drug-likeness (QED) is 0.419. The number of carbonyl (C=O) groups is 2. The number of amides is 3. The smallest absolute Gasteiger partial charge is 0.317 e. The highest BCUT2D eigenvalue weighted by Crippen LogP contribution is 2.40. The Labute approximate surface area is 219 Å². The van der Waals surface area contributed by atoms with Crippen molar-refractivity contribution in [3.63, 3.8) is 0 Å². The van der Waals surface area contributed by atoms with E-state index in [1.807, 2.05) is 52.3 Å². The minimum atomic E-state index is -0.0690. The van der Waals surface area contributed by atoms with Crippen LogP contribution in [0, 0.1) is 5.41 Å². The average molecular weight is 500 g/mol. The lowest BCUT2D eigenvalue weighted by Crippen LogP contribution is -2.46. The third kappa shape index (κ3) is 5.90. The first-order valence-corrected chi connectivity index (χ1v) is 13.5. The predicted octanol–water partition coefficient (Wildman–Crippen LogP) is 5.78. The molecule has 2 aliphatic rings. The minimum absolute atomic E-state index is 0.00855. The predicted molar refractivity (Wildman–Crippen MR) is 147 cm³/mol. The Morgan fingerprint density at radius 2 is 1.57 bits per heavy atom. The van der Waals surface area contributed by atoms with Crippen LogP contribution in [0.25, 0.3) is 10.8 Å². The maximum absolute atomic E-state index is 13.2. The van der Waals surface area contributed by atoms with Crippen molar-refractivity contribution in [3.8, 4) is 5.75 Å². The van der Waals surface area contributed by atoms with E-state index in [4.69, 9.17) is 4.74 Å². The van der Waals surface area contributed by atoms with E-state index in [2.05, 4.69) is 42.6 Å². The lowest BCUT2D eigenvalue weighted by atomic mass is 9.77. The first kappa shape index (κ1) is 25.1. The molecule has 3 amide bonds. The number of nitrogens with one attached hydrogen (secondary N) is 1. The number of likely N-dealkylation sites (tertiary alicyclic amines) is 2. The normalized spacial score (nSPS) is 17.6. The van der Waals surface area contributed by atoms with E-state index >= 15 is 0 Å². The van der Waals surface area contributed by atoms with Crippen LogP contribution >= 0.6 is 0 Å². The fourth-order valence-electron chi connectivity index (χ4n) is 5.82. The third-order valence-corrected chi connectivity index (χ3v) is 8.08. The monoisotopic (exact) mass is 499 g/mol. The number of fused-ring (bicyclic) bond motifs is 1. The van der Waals surface area contributed by atoms with Gasteiger partial charge in [-0.25, -0.2) is 4.79 Å². The summed E-state index contributed by atoms with van der Waals surface area (Å²) in [7, 11) is 0. The van der Waals surface area contributed by atoms with Crippen molar-refractivity contribution in [2.24, 2.45) is 5.41 Å². The molecule has 3 aromatic carbocycles. The molecule has 2 fully saturated rings. The zero-order chi connectivity index (χ0) is 25.7. The lowest BCUT2D eigenvalue weighted by Gasteiger charge is -2.39. The van der Waals surface area contributed by atoms with Gasteiger partial charge in [-0.2, -0.15) is 0 Å². The van der Waals surface area contributed by atoms with Gasteiger partial charge in [-0.3, -0.25) is 4.79 Å². The van der Waals surface area contributed by atoms with E-state index < -0.39 is 0 Å². The molecular formula is C31H37N3O3. The fraction of sp³-hybridized carbons (Fsp3) is 0.419. The summed E-state index contributed by atoms with van der Waals surface area (Å²) in [5.41, 5.74) is 1.27. The minimum Gasteiger partial charge on any atom is -0.494 e. The van der Waals surface area contributed by atoms with E-state index in [0.717, 1.165) is 63.2 Å². The molecular weight excluding hydrogens is 462 g/mol. The number of hydrogen-bond acceptors (Lipinski definition) is 3. The number of benzene rings is 3. The summed E-state index contributed by atoms with van der Waals surface area (Å²) < 4.78 is 5.72. The molecule has 0 radical (unpaired) electrons. The zero-order valence-corrected chi connectivity index (χ0v) is 21.7. The molecule has 0 aromatic heterocycles. The molecule has 0 aliphatic carbocycles. The lowest BCUT2D eigenvalue weighted by molar-refractivity contribution is -0.133. The highest BCUT2D eigenvalue weighted by Gasteiger charge is 2.42. The summed E-state index contributed by atoms with van der Waals surface area (Å²) in [5, 5.41) is 5.60. The molecule has 194 valence electrons. The molecule has 1 atom stereocenters. The van der Waals surface area contributed by atoms with E-state index in [1.54, 1.807) is 0 Å². The van der Waals surface area contributed by atoms with E-state index in [9.17, 15) is 9.59 Å². The first-order valence-electron chi connectivity index (χ1n) is 13.5. The van der Waals surface area contributed by atoms with Gasteiger partial charge < -0.3 is 19.9 Å². The summed E-state index contributed by atoms with van der Waals surface area (Å²) in [6.07, 6.45) is 4.17. The van der Waals surface area contributed by atoms with Crippen molar-refractivity contribution in [1.29, 1.82) is 0 Å². The van der Waals surface area contributed by atoms with E-state index in [1.165, 1.54) is 10.8 Å². The Kier molecular flexibility index (Phi) is 7.63. The van der Waals surface area contributed by atoms with Crippen LogP contribution in [0.4, 0.5) is 4.79 Å². The molecule has 1 N–H and O–H groups in total. The van der Waals surface area contributed by atoms with Crippen LogP contribution in [0.2, 0.25) is 0 Å². The molecule has 2 saturated heterocycles. The Bertz CT molecular complexity index is 1220. The molecule has 3 aromatic rings. The number of nitrogens with zero attached hydrogens (tertiary/aromatic N) is 2. The summed E-state index contributed by atoms with van der Waals surface area (Å²) in [6, 6.07) is 24.2. The molecule has 0 saturated carbocycles. The van der Waals surface area contributed by atoms with Gasteiger partial charge in [0.25, 0.3) is 0 Å². The Balaban J connectivity index is 1.07. The zero-order valence-electron chi connectivity index (χ0n) is 21.7. The van der Waals surface area contributed by atoms with Gasteiger partial charge in [0.1, 0.15) is 5.75 Å². The number of carbonyl (C=O) groups excluding carboxylic acids is 2. The molecule has 5 rings (SSSR count). The molecule has 1 spiro atoms. The second-order valence-electron chi connectivity index (χ2n) is 10.6. The van der Waals surface area contributed by atoms with Gasteiger partial charge in [0.15, 0.2) is 0 Å². The maximum atomic E-state index is 13.2. The standard InChI is InChI=1S/C31H37N3O3/c1-24(27-14-7-10-25-9-5-6-13-28(25)27)32-30(36)34-21-18-31(23-34)16-19-33(20-17-31)29(35)15-8-22-37-26-11-3-2-4-12-26/h2-7,9-14,24H,8,15-23H2,1H3,(H,32,36). The molecule has 37 heavy (non-hydrogen) atoms. The second-order valence-corrected chi connectivity index (χ2v) is 10.6. The summed E-state index contributed by atoms with van der Waals surface area (Å²) >= 11 is 0. The molecule has 1 unspecified atom stereocenters. The summed E-state index contributed by atoms with van der Waals surface area (Å²) in [5.74, 6) is 1.05. The van der Waals surface area contributed by atoms with Crippen molar-refractivity contribution in [3.05, 3.63) is 78.4 Å². The van der Waals surface area contributed by atoms with Gasteiger partial charge in [-0.05, 0) is 66.5 Å². The molecule has 2 aliphatic heterocycles. The van der Waals surface area contributed by atoms with Crippen molar-refractivity contribution < 1.29 is 14.3 Å². The number of rotatable bonds is 7. The highest BCUT2D eigenvalue weighted by molar-refractivity contribution is 5.86. The number of para-hydroxylation sites is 1. The number of piperidine rings is 1. The molecule has 0 bridgehead atoms. The first-order chi connectivity index (χ1) is 18.0. The van der Waals surface area contributed by atoms with Crippen molar-refractivity contribution in [2.75, 3.05) is 32.8 Å².